The lowest BCUT2D eigenvalue weighted by molar-refractivity contribution is 0.0996. The molecule has 0 unspecified atom stereocenters. The predicted octanol–water partition coefficient (Wildman–Crippen LogP) is 4.90. The summed E-state index contributed by atoms with van der Waals surface area (Å²) in [6.45, 7) is 3.83. The monoisotopic (exact) mass is 438 g/mol. The Hall–Kier alpha value is -1.47. The van der Waals surface area contributed by atoms with Crippen LogP contribution in [0.5, 0.6) is 0 Å². The van der Waals surface area contributed by atoms with Gasteiger partial charge in [-0.1, -0.05) is 38.9 Å². The molecule has 3 rings (SSSR count). The van der Waals surface area contributed by atoms with Gasteiger partial charge in [0.2, 0.25) is 0 Å². The second kappa shape index (κ2) is 8.27. The second-order valence-electron chi connectivity index (χ2n) is 5.27. The van der Waals surface area contributed by atoms with Gasteiger partial charge in [-0.3, -0.25) is 4.79 Å². The third kappa shape index (κ3) is 4.39. The van der Waals surface area contributed by atoms with Crippen LogP contribution in [-0.4, -0.2) is 23.7 Å². The summed E-state index contributed by atoms with van der Waals surface area (Å²) in [7, 11) is 0. The number of fused-ring (bicyclic) bond motifs is 1. The SMILES string of the molecule is CCOCCn1c(=NC(=O)c2ccc(Cl)cc2)sc2cc(Br)ccc21. The van der Waals surface area contributed by atoms with E-state index in [4.69, 9.17) is 16.3 Å². The molecule has 0 aliphatic carbocycles. The number of benzene rings is 2. The van der Waals surface area contributed by atoms with Crippen LogP contribution in [0.1, 0.15) is 17.3 Å². The molecule has 0 bridgehead atoms. The van der Waals surface area contributed by atoms with Crippen LogP contribution in [0.3, 0.4) is 0 Å². The van der Waals surface area contributed by atoms with Crippen molar-refractivity contribution in [2.45, 2.75) is 13.5 Å². The minimum Gasteiger partial charge on any atom is -0.380 e. The molecule has 0 fully saturated rings. The quantitative estimate of drug-likeness (QED) is 0.531. The van der Waals surface area contributed by atoms with Crippen LogP contribution >= 0.6 is 38.9 Å². The fourth-order valence-corrected chi connectivity index (χ4v) is 4.12. The first-order valence-corrected chi connectivity index (χ1v) is 9.78. The van der Waals surface area contributed by atoms with Crippen molar-refractivity contribution in [2.24, 2.45) is 4.99 Å². The maximum atomic E-state index is 12.5. The van der Waals surface area contributed by atoms with Crippen LogP contribution in [0, 0.1) is 0 Å². The molecular weight excluding hydrogens is 424 g/mol. The lowest BCUT2D eigenvalue weighted by atomic mass is 10.2. The first kappa shape index (κ1) is 18.3. The zero-order chi connectivity index (χ0) is 17.8. The van der Waals surface area contributed by atoms with Crippen molar-refractivity contribution < 1.29 is 9.53 Å². The van der Waals surface area contributed by atoms with E-state index >= 15 is 0 Å². The Bertz CT molecular complexity index is 963. The molecule has 0 aliphatic heterocycles. The third-order valence-electron chi connectivity index (χ3n) is 3.60. The number of halogens is 2. The molecule has 2 aromatic carbocycles. The molecule has 0 spiro atoms. The van der Waals surface area contributed by atoms with Crippen LogP contribution < -0.4 is 4.80 Å². The van der Waals surface area contributed by atoms with Gasteiger partial charge in [-0.2, -0.15) is 4.99 Å². The Morgan fingerprint density at radius 2 is 2.04 bits per heavy atom. The number of hydrogen-bond donors (Lipinski definition) is 0. The van der Waals surface area contributed by atoms with E-state index in [2.05, 4.69) is 20.9 Å². The molecule has 0 aliphatic rings. The first-order valence-electron chi connectivity index (χ1n) is 7.79. The summed E-state index contributed by atoms with van der Waals surface area (Å²) in [5, 5.41) is 0.593. The molecule has 130 valence electrons. The second-order valence-corrected chi connectivity index (χ2v) is 7.63. The largest absolute Gasteiger partial charge is 0.380 e. The van der Waals surface area contributed by atoms with Gasteiger partial charge >= 0.3 is 0 Å². The van der Waals surface area contributed by atoms with E-state index in [1.54, 1.807) is 24.3 Å². The van der Waals surface area contributed by atoms with E-state index in [1.165, 1.54) is 11.3 Å². The van der Waals surface area contributed by atoms with Crippen molar-refractivity contribution in [1.82, 2.24) is 4.57 Å². The number of thiazole rings is 1. The van der Waals surface area contributed by atoms with Gasteiger partial charge in [0, 0.05) is 28.2 Å². The lowest BCUT2D eigenvalue weighted by Gasteiger charge is -2.05. The number of carbonyl (C=O) groups excluding carboxylic acids is 1. The summed E-state index contributed by atoms with van der Waals surface area (Å²) in [6, 6.07) is 12.8. The fourth-order valence-electron chi connectivity index (χ4n) is 2.39. The first-order chi connectivity index (χ1) is 12.1. The lowest BCUT2D eigenvalue weighted by Crippen LogP contribution is -2.19. The van der Waals surface area contributed by atoms with Gasteiger partial charge < -0.3 is 9.30 Å². The molecule has 0 radical (unpaired) electrons. The molecule has 0 saturated heterocycles. The van der Waals surface area contributed by atoms with Gasteiger partial charge in [-0.15, -0.1) is 0 Å². The third-order valence-corrected chi connectivity index (χ3v) is 5.38. The van der Waals surface area contributed by atoms with Gasteiger partial charge in [0.15, 0.2) is 4.80 Å². The van der Waals surface area contributed by atoms with Crippen LogP contribution in [0.25, 0.3) is 10.2 Å². The van der Waals surface area contributed by atoms with Crippen molar-refractivity contribution in [3.8, 4) is 0 Å². The number of amides is 1. The topological polar surface area (TPSA) is 43.6 Å². The molecule has 25 heavy (non-hydrogen) atoms. The minimum atomic E-state index is -0.285. The Balaban J connectivity index is 2.04. The zero-order valence-electron chi connectivity index (χ0n) is 13.5. The number of nitrogens with zero attached hydrogens (tertiary/aromatic N) is 2. The molecule has 0 saturated carbocycles. The van der Waals surface area contributed by atoms with Crippen molar-refractivity contribution >= 4 is 55.0 Å². The zero-order valence-corrected chi connectivity index (χ0v) is 16.7. The maximum Gasteiger partial charge on any atom is 0.279 e. The van der Waals surface area contributed by atoms with Gasteiger partial charge in [-0.25, -0.2) is 0 Å². The Kier molecular flexibility index (Phi) is 6.06. The number of hydrogen-bond acceptors (Lipinski definition) is 3. The van der Waals surface area contributed by atoms with Gasteiger partial charge in [0.05, 0.1) is 16.8 Å². The smallest absolute Gasteiger partial charge is 0.279 e. The van der Waals surface area contributed by atoms with Crippen molar-refractivity contribution in [3.63, 3.8) is 0 Å². The van der Waals surface area contributed by atoms with Crippen molar-refractivity contribution in [1.29, 1.82) is 0 Å². The van der Waals surface area contributed by atoms with E-state index < -0.39 is 0 Å². The van der Waals surface area contributed by atoms with E-state index in [9.17, 15) is 4.79 Å². The summed E-state index contributed by atoms with van der Waals surface area (Å²) in [5.74, 6) is -0.285. The fraction of sp³-hybridized carbons (Fsp3) is 0.222. The maximum absolute atomic E-state index is 12.5. The highest BCUT2D eigenvalue weighted by Crippen LogP contribution is 2.22. The molecule has 7 heteroatoms. The number of ether oxygens (including phenoxy) is 1. The summed E-state index contributed by atoms with van der Waals surface area (Å²) < 4.78 is 9.55. The molecule has 1 amide bonds. The summed E-state index contributed by atoms with van der Waals surface area (Å²) >= 11 is 10.9. The standard InChI is InChI=1S/C18H16BrClN2O2S/c1-2-24-10-9-22-15-8-5-13(19)11-16(15)25-18(22)21-17(23)12-3-6-14(20)7-4-12/h3-8,11H,2,9-10H2,1H3. The summed E-state index contributed by atoms with van der Waals surface area (Å²) in [6.07, 6.45) is 0. The van der Waals surface area contributed by atoms with E-state index in [1.807, 2.05) is 29.7 Å². The number of carbonyl (C=O) groups is 1. The highest BCUT2D eigenvalue weighted by molar-refractivity contribution is 9.10. The average molecular weight is 440 g/mol. The highest BCUT2D eigenvalue weighted by Gasteiger charge is 2.10. The molecule has 0 atom stereocenters. The predicted molar refractivity (Wildman–Crippen MR) is 105 cm³/mol. The van der Waals surface area contributed by atoms with Crippen LogP contribution in [0.15, 0.2) is 51.9 Å². The number of aromatic nitrogens is 1. The van der Waals surface area contributed by atoms with Crippen LogP contribution in [0.2, 0.25) is 5.02 Å². The van der Waals surface area contributed by atoms with Gasteiger partial charge in [0.25, 0.3) is 5.91 Å². The number of rotatable bonds is 5. The van der Waals surface area contributed by atoms with Crippen LogP contribution in [0.4, 0.5) is 0 Å². The average Bonchev–Trinajstić information content (AvgIpc) is 2.92. The molecule has 4 nitrogen and oxygen atoms in total. The normalized spacial score (nSPS) is 12.0. The van der Waals surface area contributed by atoms with Crippen molar-refractivity contribution in [2.75, 3.05) is 13.2 Å². The molecular formula is C18H16BrClN2O2S. The molecule has 0 N–H and O–H groups in total. The Labute approximate surface area is 162 Å². The highest BCUT2D eigenvalue weighted by atomic mass is 79.9. The summed E-state index contributed by atoms with van der Waals surface area (Å²) in [4.78, 5) is 17.5. The Morgan fingerprint density at radius 1 is 1.28 bits per heavy atom. The van der Waals surface area contributed by atoms with E-state index in [-0.39, 0.29) is 5.91 Å². The van der Waals surface area contributed by atoms with Crippen molar-refractivity contribution in [3.05, 3.63) is 62.3 Å². The van der Waals surface area contributed by atoms with E-state index in [0.29, 0.717) is 35.1 Å². The minimum absolute atomic E-state index is 0.285. The molecule has 1 aromatic heterocycles. The van der Waals surface area contributed by atoms with Crippen LogP contribution in [-0.2, 0) is 11.3 Å². The van der Waals surface area contributed by atoms with Gasteiger partial charge in [0.1, 0.15) is 0 Å². The van der Waals surface area contributed by atoms with Gasteiger partial charge in [-0.05, 0) is 49.4 Å². The molecule has 3 aromatic rings. The Morgan fingerprint density at radius 3 is 2.76 bits per heavy atom. The molecule has 1 heterocycles. The summed E-state index contributed by atoms with van der Waals surface area (Å²) in [5.41, 5.74) is 1.55. The van der Waals surface area contributed by atoms with E-state index in [0.717, 1.165) is 14.7 Å².